The van der Waals surface area contributed by atoms with Crippen LogP contribution in [0.5, 0.6) is 0 Å². The molecule has 1 saturated heterocycles. The minimum atomic E-state index is -4.80. The van der Waals surface area contributed by atoms with Crippen molar-refractivity contribution in [2.24, 2.45) is 5.84 Å². The highest BCUT2D eigenvalue weighted by atomic mass is 19.4. The Morgan fingerprint density at radius 1 is 1.02 bits per heavy atom. The number of amides is 2. The zero-order valence-corrected chi connectivity index (χ0v) is 22.5. The Kier molecular flexibility index (Phi) is 8.09. The van der Waals surface area contributed by atoms with E-state index in [2.05, 4.69) is 27.2 Å². The van der Waals surface area contributed by atoms with Crippen molar-refractivity contribution in [3.63, 3.8) is 0 Å². The van der Waals surface area contributed by atoms with Gasteiger partial charge in [-0.25, -0.2) is 15.6 Å². The van der Waals surface area contributed by atoms with Gasteiger partial charge in [-0.2, -0.15) is 13.2 Å². The molecule has 3 heterocycles. The zero-order valence-electron chi connectivity index (χ0n) is 22.5. The van der Waals surface area contributed by atoms with Gasteiger partial charge in [0, 0.05) is 46.6 Å². The standard InChI is InChI=1S/C31H24F3N5O4/c32-31(33,34)24-15-21(29(41)39-14-2-1-3-27(39)30(42)43)11-10-19(24)7-4-18-5-8-20(9-6-18)26-16-22(28(40)38-35)23-17-36-13-12-25(23)37-26/h5-6,8-13,15-17,27H,1-3,14,35H2,(H,38,40)(H,42,43). The van der Waals surface area contributed by atoms with Gasteiger partial charge >= 0.3 is 12.1 Å². The van der Waals surface area contributed by atoms with Gasteiger partial charge in [-0.15, -0.1) is 0 Å². The van der Waals surface area contributed by atoms with Crippen LogP contribution in [0.1, 0.15) is 56.7 Å². The van der Waals surface area contributed by atoms with E-state index in [0.29, 0.717) is 40.6 Å². The largest absolute Gasteiger partial charge is 0.480 e. The van der Waals surface area contributed by atoms with Gasteiger partial charge in [0.1, 0.15) is 6.04 Å². The number of carboxylic acid groups (broad SMARTS) is 1. The van der Waals surface area contributed by atoms with E-state index in [0.717, 1.165) is 17.0 Å². The topological polar surface area (TPSA) is 139 Å². The number of pyridine rings is 2. The lowest BCUT2D eigenvalue weighted by Crippen LogP contribution is -2.48. The van der Waals surface area contributed by atoms with E-state index in [-0.39, 0.29) is 29.7 Å². The summed E-state index contributed by atoms with van der Waals surface area (Å²) in [6, 6.07) is 11.8. The Balaban J connectivity index is 1.43. The number of fused-ring (bicyclic) bond motifs is 1. The van der Waals surface area contributed by atoms with Crippen molar-refractivity contribution < 1.29 is 32.7 Å². The first-order chi connectivity index (χ1) is 20.6. The maximum atomic E-state index is 14.0. The average Bonchev–Trinajstić information content (AvgIpc) is 3.02. The third-order valence-corrected chi connectivity index (χ3v) is 7.13. The molecule has 2 aromatic carbocycles. The monoisotopic (exact) mass is 587 g/mol. The van der Waals surface area contributed by atoms with Crippen molar-refractivity contribution in [1.82, 2.24) is 20.3 Å². The molecule has 1 aliphatic rings. The number of nitrogen functional groups attached to an aromatic ring is 1. The molecule has 0 saturated carbocycles. The molecule has 9 nitrogen and oxygen atoms in total. The number of hydrogen-bond acceptors (Lipinski definition) is 6. The number of nitrogens with one attached hydrogen (secondary N) is 1. The maximum Gasteiger partial charge on any atom is 0.417 e. The number of aromatic nitrogens is 2. The fraction of sp³-hybridized carbons (Fsp3) is 0.194. The summed E-state index contributed by atoms with van der Waals surface area (Å²) in [5.74, 6) is 8.13. The maximum absolute atomic E-state index is 14.0. The number of hydrogen-bond donors (Lipinski definition) is 3. The molecule has 1 atom stereocenters. The van der Waals surface area contributed by atoms with Gasteiger partial charge in [-0.3, -0.25) is 20.0 Å². The van der Waals surface area contributed by atoms with Gasteiger partial charge in [-0.1, -0.05) is 24.0 Å². The smallest absolute Gasteiger partial charge is 0.417 e. The summed E-state index contributed by atoms with van der Waals surface area (Å²) in [4.78, 5) is 46.6. The molecule has 43 heavy (non-hydrogen) atoms. The molecular weight excluding hydrogens is 563 g/mol. The third kappa shape index (κ3) is 6.17. The Morgan fingerprint density at radius 3 is 2.49 bits per heavy atom. The van der Waals surface area contributed by atoms with Crippen molar-refractivity contribution in [3.05, 3.63) is 94.8 Å². The molecule has 4 aromatic rings. The summed E-state index contributed by atoms with van der Waals surface area (Å²) in [5, 5.41) is 9.98. The number of benzene rings is 2. The van der Waals surface area contributed by atoms with Crippen LogP contribution in [0.3, 0.4) is 0 Å². The molecule has 4 N–H and O–H groups in total. The van der Waals surface area contributed by atoms with E-state index in [9.17, 15) is 32.7 Å². The molecule has 1 aliphatic heterocycles. The number of likely N-dealkylation sites (tertiary alicyclic amines) is 1. The van der Waals surface area contributed by atoms with E-state index in [1.165, 1.54) is 12.3 Å². The number of alkyl halides is 3. The summed E-state index contributed by atoms with van der Waals surface area (Å²) < 4.78 is 42.0. The Bertz CT molecular complexity index is 1800. The molecule has 218 valence electrons. The lowest BCUT2D eigenvalue weighted by atomic mass is 9.98. The zero-order chi connectivity index (χ0) is 30.7. The Hall–Kier alpha value is -5.28. The minimum Gasteiger partial charge on any atom is -0.480 e. The summed E-state index contributed by atoms with van der Waals surface area (Å²) in [5.41, 5.74) is 2.75. The average molecular weight is 588 g/mol. The van der Waals surface area contributed by atoms with Gasteiger partial charge in [0.05, 0.1) is 22.3 Å². The van der Waals surface area contributed by atoms with Crippen LogP contribution in [0.4, 0.5) is 13.2 Å². The summed E-state index contributed by atoms with van der Waals surface area (Å²) in [6.45, 7) is 0.155. The first kappa shape index (κ1) is 29.2. The van der Waals surface area contributed by atoms with Crippen molar-refractivity contribution >= 4 is 28.7 Å². The van der Waals surface area contributed by atoms with Crippen molar-refractivity contribution in [2.45, 2.75) is 31.5 Å². The fourth-order valence-corrected chi connectivity index (χ4v) is 4.96. The number of carboxylic acids is 1. The predicted octanol–water partition coefficient (Wildman–Crippen LogP) is 4.40. The highest BCUT2D eigenvalue weighted by Gasteiger charge is 2.36. The molecule has 0 spiro atoms. The first-order valence-electron chi connectivity index (χ1n) is 13.2. The molecule has 2 amide bonds. The molecule has 0 aliphatic carbocycles. The lowest BCUT2D eigenvalue weighted by Gasteiger charge is -2.33. The van der Waals surface area contributed by atoms with Crippen molar-refractivity contribution in [2.75, 3.05) is 6.54 Å². The van der Waals surface area contributed by atoms with Crippen molar-refractivity contribution in [1.29, 1.82) is 0 Å². The van der Waals surface area contributed by atoms with Crippen LogP contribution in [0.2, 0.25) is 0 Å². The van der Waals surface area contributed by atoms with Crippen LogP contribution in [0.15, 0.2) is 67.0 Å². The van der Waals surface area contributed by atoms with Gasteiger partial charge in [-0.05, 0) is 61.7 Å². The van der Waals surface area contributed by atoms with E-state index < -0.39 is 35.6 Å². The minimum absolute atomic E-state index is 0.155. The first-order valence-corrected chi connectivity index (χ1v) is 13.2. The highest BCUT2D eigenvalue weighted by Crippen LogP contribution is 2.33. The number of aliphatic carboxylic acids is 1. The Labute approximate surface area is 243 Å². The van der Waals surface area contributed by atoms with Gasteiger partial charge in [0.15, 0.2) is 0 Å². The quantitative estimate of drug-likeness (QED) is 0.139. The van der Waals surface area contributed by atoms with Crippen LogP contribution >= 0.6 is 0 Å². The van der Waals surface area contributed by atoms with Crippen molar-refractivity contribution in [3.8, 4) is 23.1 Å². The van der Waals surface area contributed by atoms with Gasteiger partial charge in [0.2, 0.25) is 0 Å². The second kappa shape index (κ2) is 11.9. The second-order valence-electron chi connectivity index (χ2n) is 9.86. The number of carbonyl (C=O) groups excluding carboxylic acids is 2. The molecular formula is C31H24F3N5O4. The number of carbonyl (C=O) groups is 3. The van der Waals surface area contributed by atoms with E-state index in [4.69, 9.17) is 5.84 Å². The fourth-order valence-electron chi connectivity index (χ4n) is 4.96. The van der Waals surface area contributed by atoms with Gasteiger partial charge in [0.25, 0.3) is 11.8 Å². The summed E-state index contributed by atoms with van der Waals surface area (Å²) in [6.07, 6.45) is -0.319. The van der Waals surface area contributed by atoms with Crippen LogP contribution in [-0.2, 0) is 11.0 Å². The van der Waals surface area contributed by atoms with Crippen LogP contribution in [0, 0.1) is 11.8 Å². The predicted molar refractivity (Wildman–Crippen MR) is 150 cm³/mol. The number of nitrogens with two attached hydrogens (primary N) is 1. The molecule has 1 unspecified atom stereocenters. The number of hydrazine groups is 1. The third-order valence-electron chi connectivity index (χ3n) is 7.13. The second-order valence-corrected chi connectivity index (χ2v) is 9.86. The molecule has 2 aromatic heterocycles. The van der Waals surface area contributed by atoms with Crippen LogP contribution in [0.25, 0.3) is 22.2 Å². The SMILES string of the molecule is NNC(=O)c1cc(-c2ccc(C#Cc3ccc(C(=O)N4CCCCC4C(=O)O)cc3C(F)(F)F)cc2)nc2ccncc12. The molecule has 0 radical (unpaired) electrons. The van der Waals surface area contributed by atoms with E-state index >= 15 is 0 Å². The van der Waals surface area contributed by atoms with Gasteiger partial charge < -0.3 is 10.0 Å². The Morgan fingerprint density at radius 2 is 1.79 bits per heavy atom. The summed E-state index contributed by atoms with van der Waals surface area (Å²) >= 11 is 0. The molecule has 12 heteroatoms. The number of rotatable bonds is 4. The molecule has 0 bridgehead atoms. The molecule has 5 rings (SSSR count). The lowest BCUT2D eigenvalue weighted by molar-refractivity contribution is -0.143. The summed E-state index contributed by atoms with van der Waals surface area (Å²) in [7, 11) is 0. The number of piperidine rings is 1. The highest BCUT2D eigenvalue weighted by molar-refractivity contribution is 6.06. The molecule has 1 fully saturated rings. The number of nitrogens with zero attached hydrogens (tertiary/aromatic N) is 3. The van der Waals surface area contributed by atoms with E-state index in [1.807, 2.05) is 0 Å². The normalized spacial score (nSPS) is 15.0. The number of halogens is 3. The van der Waals surface area contributed by atoms with Crippen LogP contribution in [-0.4, -0.2) is 50.3 Å². The van der Waals surface area contributed by atoms with Crippen LogP contribution < -0.4 is 11.3 Å². The van der Waals surface area contributed by atoms with E-state index in [1.54, 1.807) is 42.6 Å².